The summed E-state index contributed by atoms with van der Waals surface area (Å²) in [6.07, 6.45) is -1.52. The molecule has 0 saturated carbocycles. The number of carbonyl (C=O) groups is 3. The second-order valence-electron chi connectivity index (χ2n) is 8.53. The number of alkyl carbamates (subject to hydrolysis) is 1. The van der Waals surface area contributed by atoms with E-state index >= 15 is 0 Å². The number of carbonyl (C=O) groups excluding carboxylic acids is 3. The van der Waals surface area contributed by atoms with Crippen LogP contribution in [0.2, 0.25) is 18.1 Å². The van der Waals surface area contributed by atoms with E-state index in [4.69, 9.17) is 9.47 Å². The molecule has 0 aromatic heterocycles. The molecule has 0 aliphatic carbocycles. The molecule has 0 radical (unpaired) electrons. The molecule has 1 heterocycles. The SMILES string of the molecule is COC(=O)OCC1C(NC(=O)OCc2ccccc2)C(=O)N1[Si](C)(C)C(C)(C)C. The van der Waals surface area contributed by atoms with Crippen LogP contribution in [-0.4, -0.2) is 56.8 Å². The first kappa shape index (κ1) is 22.7. The van der Waals surface area contributed by atoms with Gasteiger partial charge in [0.1, 0.15) is 19.3 Å². The number of benzene rings is 1. The van der Waals surface area contributed by atoms with Crippen molar-refractivity contribution in [1.29, 1.82) is 0 Å². The van der Waals surface area contributed by atoms with E-state index in [0.717, 1.165) is 5.56 Å². The largest absolute Gasteiger partial charge is 0.508 e. The molecular weight excluding hydrogens is 392 g/mol. The van der Waals surface area contributed by atoms with Crippen LogP contribution in [0.5, 0.6) is 0 Å². The lowest BCUT2D eigenvalue weighted by molar-refractivity contribution is -0.145. The number of nitrogens with one attached hydrogen (secondary N) is 1. The lowest BCUT2D eigenvalue weighted by atomic mass is 10.00. The van der Waals surface area contributed by atoms with E-state index in [2.05, 4.69) is 43.9 Å². The number of amides is 2. The van der Waals surface area contributed by atoms with Crippen LogP contribution < -0.4 is 5.32 Å². The number of β-lactam (4-membered cyclic amide) rings is 1. The van der Waals surface area contributed by atoms with E-state index in [0.29, 0.717) is 0 Å². The predicted molar refractivity (Wildman–Crippen MR) is 110 cm³/mol. The van der Waals surface area contributed by atoms with E-state index in [1.54, 1.807) is 4.57 Å². The average molecular weight is 423 g/mol. The maximum absolute atomic E-state index is 12.9. The monoisotopic (exact) mass is 422 g/mol. The second-order valence-corrected chi connectivity index (χ2v) is 13.6. The van der Waals surface area contributed by atoms with Crippen LogP contribution in [-0.2, 0) is 25.6 Å². The molecule has 1 aromatic carbocycles. The molecule has 8 nitrogen and oxygen atoms in total. The highest BCUT2D eigenvalue weighted by atomic mass is 28.3. The van der Waals surface area contributed by atoms with Gasteiger partial charge in [0.05, 0.1) is 13.2 Å². The summed E-state index contributed by atoms with van der Waals surface area (Å²) in [5.74, 6) is -0.188. The molecule has 1 fully saturated rings. The maximum Gasteiger partial charge on any atom is 0.508 e. The summed E-state index contributed by atoms with van der Waals surface area (Å²) in [7, 11) is -1.02. The van der Waals surface area contributed by atoms with Gasteiger partial charge < -0.3 is 24.1 Å². The van der Waals surface area contributed by atoms with Gasteiger partial charge in [0.15, 0.2) is 8.24 Å². The third kappa shape index (κ3) is 5.09. The predicted octanol–water partition coefficient (Wildman–Crippen LogP) is 3.28. The van der Waals surface area contributed by atoms with Crippen molar-refractivity contribution in [1.82, 2.24) is 9.88 Å². The van der Waals surface area contributed by atoms with E-state index in [1.807, 2.05) is 30.3 Å². The Morgan fingerprint density at radius 1 is 1.14 bits per heavy atom. The molecule has 2 amide bonds. The zero-order valence-electron chi connectivity index (χ0n) is 17.9. The summed E-state index contributed by atoms with van der Waals surface area (Å²) < 4.78 is 16.6. The van der Waals surface area contributed by atoms with Crippen LogP contribution in [0.25, 0.3) is 0 Å². The van der Waals surface area contributed by atoms with Gasteiger partial charge in [-0.05, 0) is 10.6 Å². The quantitative estimate of drug-likeness (QED) is 0.429. The average Bonchev–Trinajstić information content (AvgIpc) is 2.66. The molecule has 29 heavy (non-hydrogen) atoms. The van der Waals surface area contributed by atoms with Gasteiger partial charge in [-0.1, -0.05) is 64.2 Å². The molecule has 160 valence electrons. The van der Waals surface area contributed by atoms with Crippen molar-refractivity contribution >= 4 is 26.4 Å². The van der Waals surface area contributed by atoms with Crippen molar-refractivity contribution in [3.63, 3.8) is 0 Å². The van der Waals surface area contributed by atoms with Crippen LogP contribution >= 0.6 is 0 Å². The minimum Gasteiger partial charge on any atom is -0.445 e. The van der Waals surface area contributed by atoms with Crippen molar-refractivity contribution in [2.75, 3.05) is 13.7 Å². The second kappa shape index (κ2) is 8.85. The third-order valence-electron chi connectivity index (χ3n) is 5.68. The summed E-state index contributed by atoms with van der Waals surface area (Å²) >= 11 is 0. The standard InChI is InChI=1S/C20H30N2O6Si/c1-20(2,3)29(5,6)22-15(13-28-19(25)26-4)16(17(22)23)21-18(24)27-12-14-10-8-7-9-11-14/h7-11,15-16H,12-13H2,1-6H3,(H,21,24). The minimum absolute atomic E-state index is 0.0610. The number of nitrogens with zero attached hydrogens (tertiary/aromatic N) is 1. The molecule has 1 aromatic rings. The van der Waals surface area contributed by atoms with Crippen molar-refractivity contribution in [2.45, 2.75) is 57.6 Å². The Balaban J connectivity index is 2.07. The van der Waals surface area contributed by atoms with Gasteiger partial charge in [-0.2, -0.15) is 0 Å². The Morgan fingerprint density at radius 2 is 1.76 bits per heavy atom. The van der Waals surface area contributed by atoms with Crippen LogP contribution in [0.3, 0.4) is 0 Å². The van der Waals surface area contributed by atoms with Crippen molar-refractivity contribution in [3.05, 3.63) is 35.9 Å². The molecule has 1 aliphatic rings. The summed E-state index contributed by atoms with van der Waals surface area (Å²) in [4.78, 5) is 36.6. The Labute approximate surface area is 172 Å². The molecule has 2 unspecified atom stereocenters. The van der Waals surface area contributed by atoms with Gasteiger partial charge in [-0.25, -0.2) is 9.59 Å². The maximum atomic E-state index is 12.9. The Kier molecular flexibility index (Phi) is 6.94. The van der Waals surface area contributed by atoms with Crippen LogP contribution in [0.1, 0.15) is 26.3 Å². The number of rotatable bonds is 6. The van der Waals surface area contributed by atoms with E-state index in [-0.39, 0.29) is 24.2 Å². The van der Waals surface area contributed by atoms with Gasteiger partial charge in [-0.15, -0.1) is 0 Å². The number of ether oxygens (including phenoxy) is 3. The first-order valence-corrected chi connectivity index (χ1v) is 12.4. The van der Waals surface area contributed by atoms with E-state index in [9.17, 15) is 14.4 Å². The van der Waals surface area contributed by atoms with Crippen LogP contribution in [0.4, 0.5) is 9.59 Å². The summed E-state index contributed by atoms with van der Waals surface area (Å²) in [5.41, 5.74) is 0.844. The first-order valence-electron chi connectivity index (χ1n) is 9.50. The molecule has 1 aliphatic heterocycles. The fraction of sp³-hybridized carbons (Fsp3) is 0.550. The number of hydrogen-bond donors (Lipinski definition) is 1. The van der Waals surface area contributed by atoms with Crippen molar-refractivity contribution in [2.24, 2.45) is 0 Å². The molecular formula is C20H30N2O6Si. The topological polar surface area (TPSA) is 94.2 Å². The van der Waals surface area contributed by atoms with E-state index in [1.165, 1.54) is 7.11 Å². The molecule has 2 rings (SSSR count). The molecule has 1 saturated heterocycles. The van der Waals surface area contributed by atoms with Gasteiger partial charge in [-0.3, -0.25) is 4.79 Å². The highest BCUT2D eigenvalue weighted by molar-refractivity contribution is 6.80. The van der Waals surface area contributed by atoms with Gasteiger partial charge >= 0.3 is 12.2 Å². The highest BCUT2D eigenvalue weighted by Gasteiger charge is 2.58. The Morgan fingerprint density at radius 3 is 2.31 bits per heavy atom. The van der Waals surface area contributed by atoms with Gasteiger partial charge in [0.2, 0.25) is 5.91 Å². The van der Waals surface area contributed by atoms with Crippen LogP contribution in [0, 0.1) is 0 Å². The van der Waals surface area contributed by atoms with Gasteiger partial charge in [0.25, 0.3) is 0 Å². The minimum atomic E-state index is -2.23. The Hall–Kier alpha value is -2.55. The lowest BCUT2D eigenvalue weighted by Gasteiger charge is -2.57. The smallest absolute Gasteiger partial charge is 0.445 e. The molecule has 0 bridgehead atoms. The number of hydrogen-bond acceptors (Lipinski definition) is 6. The van der Waals surface area contributed by atoms with Crippen molar-refractivity contribution in [3.8, 4) is 0 Å². The fourth-order valence-corrected chi connectivity index (χ4v) is 5.49. The third-order valence-corrected chi connectivity index (χ3v) is 11.1. The summed E-state index contributed by atoms with van der Waals surface area (Å²) in [5, 5.41) is 2.51. The fourth-order valence-electron chi connectivity index (χ4n) is 3.03. The number of methoxy groups -OCH3 is 1. The zero-order chi connectivity index (χ0) is 21.8. The summed E-state index contributed by atoms with van der Waals surface area (Å²) in [6, 6.07) is 7.98. The molecule has 2 atom stereocenters. The van der Waals surface area contributed by atoms with E-state index < -0.39 is 32.6 Å². The molecule has 0 spiro atoms. The highest BCUT2D eigenvalue weighted by Crippen LogP contribution is 2.43. The molecule has 9 heteroatoms. The van der Waals surface area contributed by atoms with Crippen LogP contribution in [0.15, 0.2) is 30.3 Å². The van der Waals surface area contributed by atoms with Crippen molar-refractivity contribution < 1.29 is 28.6 Å². The lowest BCUT2D eigenvalue weighted by Crippen LogP contribution is -2.79. The van der Waals surface area contributed by atoms with Gasteiger partial charge in [0, 0.05) is 0 Å². The normalized spacial score (nSPS) is 19.2. The summed E-state index contributed by atoms with van der Waals surface area (Å²) in [6.45, 7) is 10.5. The molecule has 1 N–H and O–H groups in total. The zero-order valence-corrected chi connectivity index (χ0v) is 18.9. The first-order chi connectivity index (χ1) is 13.5. The Bertz CT molecular complexity index is 747.